The topological polar surface area (TPSA) is 56.0 Å². The lowest BCUT2D eigenvalue weighted by atomic mass is 9.96. The smallest absolute Gasteiger partial charge is 0.205 e. The molecular weight excluding hydrogens is 340 g/mol. The SMILES string of the molecule is CCc1c2c(nc3sc(C(=O)c4cc(C)c(C)cc4C)c(N)c13)CCC2. The number of hydrogen-bond donors (Lipinski definition) is 1. The van der Waals surface area contributed by atoms with Crippen LogP contribution in [0.5, 0.6) is 0 Å². The van der Waals surface area contributed by atoms with Crippen molar-refractivity contribution in [2.45, 2.75) is 53.4 Å². The lowest BCUT2D eigenvalue weighted by Crippen LogP contribution is -2.06. The zero-order chi connectivity index (χ0) is 18.6. The van der Waals surface area contributed by atoms with E-state index in [0.29, 0.717) is 10.6 Å². The second kappa shape index (κ2) is 6.20. The van der Waals surface area contributed by atoms with E-state index < -0.39 is 0 Å². The summed E-state index contributed by atoms with van der Waals surface area (Å²) in [6.45, 7) is 8.28. The molecule has 26 heavy (non-hydrogen) atoms. The van der Waals surface area contributed by atoms with Crippen molar-refractivity contribution in [1.29, 1.82) is 0 Å². The van der Waals surface area contributed by atoms with Gasteiger partial charge in [-0.1, -0.05) is 13.0 Å². The standard InChI is InChI=1S/C22H24N2OS/c1-5-14-15-7-6-8-17(15)24-22-18(14)19(23)21(26-22)20(25)16-10-12(3)11(2)9-13(16)4/h9-10H,5-8,23H2,1-4H3. The molecule has 0 atom stereocenters. The van der Waals surface area contributed by atoms with Crippen molar-refractivity contribution in [1.82, 2.24) is 4.98 Å². The number of aromatic nitrogens is 1. The van der Waals surface area contributed by atoms with Crippen LogP contribution in [0.3, 0.4) is 0 Å². The van der Waals surface area contributed by atoms with Crippen LogP contribution in [-0.2, 0) is 19.3 Å². The van der Waals surface area contributed by atoms with Crippen LogP contribution in [0.25, 0.3) is 10.2 Å². The highest BCUT2D eigenvalue weighted by atomic mass is 32.1. The summed E-state index contributed by atoms with van der Waals surface area (Å²) >= 11 is 1.46. The molecule has 0 spiro atoms. The minimum absolute atomic E-state index is 0.0216. The zero-order valence-corrected chi connectivity index (χ0v) is 16.6. The van der Waals surface area contributed by atoms with Crippen LogP contribution in [0, 0.1) is 20.8 Å². The highest BCUT2D eigenvalue weighted by Crippen LogP contribution is 2.40. The second-order valence-electron chi connectivity index (χ2n) is 7.33. The van der Waals surface area contributed by atoms with Gasteiger partial charge in [-0.05, 0) is 80.3 Å². The fraction of sp³-hybridized carbons (Fsp3) is 0.364. The van der Waals surface area contributed by atoms with Crippen LogP contribution in [0.15, 0.2) is 12.1 Å². The molecule has 0 unspecified atom stereocenters. The Kier molecular flexibility index (Phi) is 4.11. The summed E-state index contributed by atoms with van der Waals surface area (Å²) < 4.78 is 0. The number of fused-ring (bicyclic) bond motifs is 2. The molecule has 0 saturated carbocycles. The summed E-state index contributed by atoms with van der Waals surface area (Å²) in [4.78, 5) is 19.7. The molecule has 3 nitrogen and oxygen atoms in total. The van der Waals surface area contributed by atoms with Gasteiger partial charge in [-0.3, -0.25) is 4.79 Å². The van der Waals surface area contributed by atoms with Crippen LogP contribution in [0.1, 0.15) is 62.1 Å². The van der Waals surface area contributed by atoms with E-state index in [-0.39, 0.29) is 5.78 Å². The Morgan fingerprint density at radius 1 is 1.15 bits per heavy atom. The van der Waals surface area contributed by atoms with Crippen LogP contribution < -0.4 is 5.73 Å². The van der Waals surface area contributed by atoms with E-state index >= 15 is 0 Å². The molecule has 0 radical (unpaired) electrons. The first-order valence-corrected chi connectivity index (χ1v) is 10.1. The van der Waals surface area contributed by atoms with Crippen molar-refractivity contribution in [2.24, 2.45) is 0 Å². The number of pyridine rings is 1. The lowest BCUT2D eigenvalue weighted by Gasteiger charge is -2.09. The number of ketones is 1. The molecule has 0 amide bonds. The van der Waals surface area contributed by atoms with Crippen molar-refractivity contribution >= 4 is 33.0 Å². The molecule has 1 aromatic carbocycles. The molecule has 4 heteroatoms. The number of nitrogens with zero attached hydrogens (tertiary/aromatic N) is 1. The van der Waals surface area contributed by atoms with Gasteiger partial charge in [0, 0.05) is 16.6 Å². The van der Waals surface area contributed by atoms with Crippen molar-refractivity contribution in [3.63, 3.8) is 0 Å². The number of rotatable bonds is 3. The summed E-state index contributed by atoms with van der Waals surface area (Å²) in [7, 11) is 0. The molecule has 1 aliphatic carbocycles. The third-order valence-electron chi connectivity index (χ3n) is 5.66. The van der Waals surface area contributed by atoms with E-state index in [9.17, 15) is 4.79 Å². The quantitative estimate of drug-likeness (QED) is 0.659. The fourth-order valence-corrected chi connectivity index (χ4v) is 5.24. The second-order valence-corrected chi connectivity index (χ2v) is 8.33. The van der Waals surface area contributed by atoms with Gasteiger partial charge >= 0.3 is 0 Å². The average Bonchev–Trinajstić information content (AvgIpc) is 3.20. The number of hydrogen-bond acceptors (Lipinski definition) is 4. The van der Waals surface area contributed by atoms with Crippen LogP contribution in [0.2, 0.25) is 0 Å². The molecular formula is C22H24N2OS. The fourth-order valence-electron chi connectivity index (χ4n) is 4.14. The highest BCUT2D eigenvalue weighted by Gasteiger charge is 2.26. The maximum absolute atomic E-state index is 13.3. The van der Waals surface area contributed by atoms with Gasteiger partial charge in [-0.2, -0.15) is 0 Å². The number of carbonyl (C=O) groups is 1. The van der Waals surface area contributed by atoms with Crippen LogP contribution >= 0.6 is 11.3 Å². The molecule has 0 bridgehead atoms. The highest BCUT2D eigenvalue weighted by molar-refractivity contribution is 7.21. The molecule has 2 aromatic heterocycles. The molecule has 134 valence electrons. The molecule has 4 rings (SSSR count). The summed E-state index contributed by atoms with van der Waals surface area (Å²) in [5.41, 5.74) is 15.1. The van der Waals surface area contributed by atoms with Crippen LogP contribution in [-0.4, -0.2) is 10.8 Å². The summed E-state index contributed by atoms with van der Waals surface area (Å²) in [5, 5.41) is 1.02. The van der Waals surface area contributed by atoms with Crippen molar-refractivity contribution in [2.75, 3.05) is 5.73 Å². The predicted molar refractivity (Wildman–Crippen MR) is 110 cm³/mol. The molecule has 0 saturated heterocycles. The largest absolute Gasteiger partial charge is 0.397 e. The average molecular weight is 365 g/mol. The summed E-state index contributed by atoms with van der Waals surface area (Å²) in [6, 6.07) is 4.07. The zero-order valence-electron chi connectivity index (χ0n) is 15.8. The van der Waals surface area contributed by atoms with E-state index in [2.05, 4.69) is 19.9 Å². The maximum Gasteiger partial charge on any atom is 0.205 e. The first kappa shape index (κ1) is 17.2. The molecule has 3 aromatic rings. The van der Waals surface area contributed by atoms with Gasteiger partial charge in [-0.25, -0.2) is 4.98 Å². The van der Waals surface area contributed by atoms with Gasteiger partial charge in [0.2, 0.25) is 5.78 Å². The Hall–Kier alpha value is -2.20. The summed E-state index contributed by atoms with van der Waals surface area (Å²) in [5.74, 6) is 0.0216. The number of nitrogens with two attached hydrogens (primary N) is 1. The molecule has 0 fully saturated rings. The minimum Gasteiger partial charge on any atom is -0.397 e. The van der Waals surface area contributed by atoms with Crippen molar-refractivity contribution < 1.29 is 4.79 Å². The normalized spacial score (nSPS) is 13.4. The molecule has 2 N–H and O–H groups in total. The van der Waals surface area contributed by atoms with Gasteiger partial charge < -0.3 is 5.73 Å². The van der Waals surface area contributed by atoms with Gasteiger partial charge in [0.25, 0.3) is 0 Å². The van der Waals surface area contributed by atoms with E-state index in [1.54, 1.807) is 0 Å². The van der Waals surface area contributed by atoms with Crippen LogP contribution in [0.4, 0.5) is 5.69 Å². The van der Waals surface area contributed by atoms with E-state index in [1.807, 2.05) is 19.9 Å². The predicted octanol–water partition coefficient (Wildman–Crippen LogP) is 5.09. The number of anilines is 1. The summed E-state index contributed by atoms with van der Waals surface area (Å²) in [6.07, 6.45) is 4.21. The van der Waals surface area contributed by atoms with E-state index in [4.69, 9.17) is 10.7 Å². The Bertz CT molecular complexity index is 1060. The molecule has 0 aliphatic heterocycles. The number of nitrogen functional groups attached to an aromatic ring is 1. The lowest BCUT2D eigenvalue weighted by molar-refractivity contribution is 0.104. The monoisotopic (exact) mass is 364 g/mol. The van der Waals surface area contributed by atoms with Gasteiger partial charge in [0.15, 0.2) is 0 Å². The van der Waals surface area contributed by atoms with Gasteiger partial charge in [0.1, 0.15) is 9.71 Å². The number of thiophene rings is 1. The Labute approximate surface area is 158 Å². The number of benzene rings is 1. The minimum atomic E-state index is 0.0216. The first-order chi connectivity index (χ1) is 12.4. The van der Waals surface area contributed by atoms with E-state index in [0.717, 1.165) is 46.2 Å². The Balaban J connectivity index is 1.92. The third kappa shape index (κ3) is 2.47. The van der Waals surface area contributed by atoms with Crippen molar-refractivity contribution in [3.8, 4) is 0 Å². The Morgan fingerprint density at radius 3 is 2.62 bits per heavy atom. The molecule has 1 aliphatic rings. The third-order valence-corrected chi connectivity index (χ3v) is 6.76. The van der Waals surface area contributed by atoms with Gasteiger partial charge in [-0.15, -0.1) is 11.3 Å². The maximum atomic E-state index is 13.3. The van der Waals surface area contributed by atoms with Crippen molar-refractivity contribution in [3.05, 3.63) is 56.1 Å². The first-order valence-electron chi connectivity index (χ1n) is 9.27. The van der Waals surface area contributed by atoms with E-state index in [1.165, 1.54) is 40.1 Å². The number of aryl methyl sites for hydroxylation is 5. The number of carbonyl (C=O) groups excluding carboxylic acids is 1. The molecule has 2 heterocycles. The van der Waals surface area contributed by atoms with Gasteiger partial charge in [0.05, 0.1) is 5.69 Å². The Morgan fingerprint density at radius 2 is 1.88 bits per heavy atom.